The third kappa shape index (κ3) is 2.55. The van der Waals surface area contributed by atoms with Crippen molar-refractivity contribution in [2.24, 2.45) is 5.92 Å². The van der Waals surface area contributed by atoms with Gasteiger partial charge in [-0.1, -0.05) is 0 Å². The Balaban J connectivity index is 1.94. The van der Waals surface area contributed by atoms with Gasteiger partial charge in [-0.15, -0.1) is 0 Å². The third-order valence-electron chi connectivity index (χ3n) is 4.00. The van der Waals surface area contributed by atoms with Gasteiger partial charge in [-0.3, -0.25) is 4.79 Å². The van der Waals surface area contributed by atoms with Crippen LogP contribution in [0.4, 0.5) is 13.2 Å². The molecule has 118 valence electrons. The molecule has 1 atom stereocenters. The zero-order valence-electron chi connectivity index (χ0n) is 12.2. The topological polar surface area (TPSA) is 46.4 Å². The lowest BCUT2D eigenvalue weighted by molar-refractivity contribution is -0.158. The summed E-state index contributed by atoms with van der Waals surface area (Å²) in [4.78, 5) is 16.5. The molecule has 2 aromatic rings. The maximum absolute atomic E-state index is 13.0. The van der Waals surface area contributed by atoms with Crippen LogP contribution in [0.3, 0.4) is 0 Å². The van der Waals surface area contributed by atoms with Crippen molar-refractivity contribution in [2.45, 2.75) is 38.9 Å². The monoisotopic (exact) mass is 311 g/mol. The van der Waals surface area contributed by atoms with Gasteiger partial charge in [0.2, 0.25) is 0 Å². The molecule has 1 saturated carbocycles. The first kappa shape index (κ1) is 14.9. The molecule has 2 aromatic heterocycles. The van der Waals surface area contributed by atoms with Crippen molar-refractivity contribution in [1.82, 2.24) is 14.7 Å². The number of aromatic nitrogens is 2. The molecular weight excluding hydrogens is 295 g/mol. The Hall–Kier alpha value is -2.05. The van der Waals surface area contributed by atoms with Gasteiger partial charge in [-0.05, 0) is 44.7 Å². The Bertz CT molecular complexity index is 731. The van der Waals surface area contributed by atoms with Crippen molar-refractivity contribution in [3.63, 3.8) is 0 Å². The Kier molecular flexibility index (Phi) is 3.38. The van der Waals surface area contributed by atoms with E-state index in [1.165, 1.54) is 6.07 Å². The standard InChI is InChI=1S/C15H16F3N3O/c1-8-3-6-11(13-19-7-9(2)21(8)13)14(22)20-12(10-4-5-10)15(16,17)18/h3,6-7,10,12H,4-5H2,1-2H3,(H,20,22). The highest BCUT2D eigenvalue weighted by Crippen LogP contribution is 2.40. The molecule has 0 aromatic carbocycles. The second kappa shape index (κ2) is 5.00. The average molecular weight is 311 g/mol. The lowest BCUT2D eigenvalue weighted by Gasteiger charge is -2.21. The predicted molar refractivity (Wildman–Crippen MR) is 74.7 cm³/mol. The molecule has 0 bridgehead atoms. The van der Waals surface area contributed by atoms with Gasteiger partial charge in [0.05, 0.1) is 5.56 Å². The molecule has 0 spiro atoms. The SMILES string of the molecule is Cc1ccc(C(=O)NC(C2CC2)C(F)(F)F)c2ncc(C)n12. The number of pyridine rings is 1. The smallest absolute Gasteiger partial charge is 0.340 e. The van der Waals surface area contributed by atoms with Crippen LogP contribution in [0.15, 0.2) is 18.3 Å². The van der Waals surface area contributed by atoms with E-state index >= 15 is 0 Å². The lowest BCUT2D eigenvalue weighted by Crippen LogP contribution is -2.47. The lowest BCUT2D eigenvalue weighted by atomic mass is 10.1. The Labute approximate surface area is 125 Å². The summed E-state index contributed by atoms with van der Waals surface area (Å²) in [6.45, 7) is 3.68. The number of imidazole rings is 1. The minimum absolute atomic E-state index is 0.161. The van der Waals surface area contributed by atoms with E-state index in [1.807, 2.05) is 13.8 Å². The van der Waals surface area contributed by atoms with Crippen molar-refractivity contribution in [3.05, 3.63) is 35.3 Å². The summed E-state index contributed by atoms with van der Waals surface area (Å²) in [5.74, 6) is -1.24. The zero-order chi connectivity index (χ0) is 16.1. The fraction of sp³-hybridized carbons (Fsp3) is 0.467. The first-order valence-corrected chi connectivity index (χ1v) is 7.10. The number of rotatable bonds is 3. The summed E-state index contributed by atoms with van der Waals surface area (Å²) >= 11 is 0. The molecule has 0 aliphatic heterocycles. The van der Waals surface area contributed by atoms with Crippen molar-refractivity contribution in [1.29, 1.82) is 0 Å². The fourth-order valence-corrected chi connectivity index (χ4v) is 2.72. The molecule has 1 aliphatic carbocycles. The van der Waals surface area contributed by atoms with E-state index in [2.05, 4.69) is 10.3 Å². The van der Waals surface area contributed by atoms with Gasteiger partial charge in [-0.25, -0.2) is 4.98 Å². The number of fused-ring (bicyclic) bond motifs is 1. The summed E-state index contributed by atoms with van der Waals surface area (Å²) in [7, 11) is 0. The van der Waals surface area contributed by atoms with Crippen LogP contribution in [0.2, 0.25) is 0 Å². The highest BCUT2D eigenvalue weighted by Gasteiger charge is 2.49. The normalized spacial score (nSPS) is 16.8. The van der Waals surface area contributed by atoms with Gasteiger partial charge in [0.15, 0.2) is 0 Å². The summed E-state index contributed by atoms with van der Waals surface area (Å²) in [6.07, 6.45) is -1.84. The van der Waals surface area contributed by atoms with Crippen LogP contribution in [0.5, 0.6) is 0 Å². The number of aryl methyl sites for hydroxylation is 2. The maximum Gasteiger partial charge on any atom is 0.408 e. The summed E-state index contributed by atoms with van der Waals surface area (Å²) < 4.78 is 40.9. The summed E-state index contributed by atoms with van der Waals surface area (Å²) in [5.41, 5.74) is 2.24. The predicted octanol–water partition coefficient (Wildman–Crippen LogP) is 3.02. The molecule has 0 radical (unpaired) electrons. The second-order valence-electron chi connectivity index (χ2n) is 5.78. The number of carbonyl (C=O) groups is 1. The molecule has 1 unspecified atom stereocenters. The van der Waals surface area contributed by atoms with Gasteiger partial charge in [-0.2, -0.15) is 13.2 Å². The molecule has 7 heteroatoms. The van der Waals surface area contributed by atoms with Crippen molar-refractivity contribution in [3.8, 4) is 0 Å². The molecule has 2 heterocycles. The molecule has 1 fully saturated rings. The largest absolute Gasteiger partial charge is 0.408 e. The minimum atomic E-state index is -4.43. The number of amides is 1. The summed E-state index contributed by atoms with van der Waals surface area (Å²) in [5, 5.41) is 2.14. The second-order valence-corrected chi connectivity index (χ2v) is 5.78. The summed E-state index contributed by atoms with van der Waals surface area (Å²) in [6, 6.07) is 1.45. The van der Waals surface area contributed by atoms with Crippen LogP contribution in [-0.4, -0.2) is 27.5 Å². The number of halogens is 3. The molecule has 1 amide bonds. The number of carbonyl (C=O) groups excluding carboxylic acids is 1. The Morgan fingerprint density at radius 1 is 1.32 bits per heavy atom. The molecule has 3 rings (SSSR count). The van der Waals surface area contributed by atoms with Crippen molar-refractivity contribution >= 4 is 11.6 Å². The zero-order valence-corrected chi connectivity index (χ0v) is 12.2. The molecule has 1 N–H and O–H groups in total. The molecule has 0 saturated heterocycles. The van der Waals surface area contributed by atoms with E-state index in [0.717, 1.165) is 11.4 Å². The van der Waals surface area contributed by atoms with E-state index in [9.17, 15) is 18.0 Å². The first-order valence-electron chi connectivity index (χ1n) is 7.10. The van der Waals surface area contributed by atoms with Gasteiger partial charge in [0, 0.05) is 17.6 Å². The van der Waals surface area contributed by atoms with Crippen LogP contribution in [0.25, 0.3) is 5.65 Å². The van der Waals surface area contributed by atoms with E-state index in [0.29, 0.717) is 18.5 Å². The number of nitrogens with zero attached hydrogens (tertiary/aromatic N) is 2. The molecule has 22 heavy (non-hydrogen) atoms. The molecule has 4 nitrogen and oxygen atoms in total. The van der Waals surface area contributed by atoms with Gasteiger partial charge >= 0.3 is 6.18 Å². The fourth-order valence-electron chi connectivity index (χ4n) is 2.72. The van der Waals surface area contributed by atoms with E-state index in [4.69, 9.17) is 0 Å². The highest BCUT2D eigenvalue weighted by atomic mass is 19.4. The van der Waals surface area contributed by atoms with Gasteiger partial charge in [0.25, 0.3) is 5.91 Å². The maximum atomic E-state index is 13.0. The number of alkyl halides is 3. The van der Waals surface area contributed by atoms with Crippen LogP contribution < -0.4 is 5.32 Å². The van der Waals surface area contributed by atoms with Crippen LogP contribution in [-0.2, 0) is 0 Å². The molecular formula is C15H16F3N3O. The molecule has 1 aliphatic rings. The van der Waals surface area contributed by atoms with Crippen LogP contribution in [0, 0.1) is 19.8 Å². The van der Waals surface area contributed by atoms with Crippen molar-refractivity contribution in [2.75, 3.05) is 0 Å². The Morgan fingerprint density at radius 2 is 2.00 bits per heavy atom. The van der Waals surface area contributed by atoms with Gasteiger partial charge in [0.1, 0.15) is 11.7 Å². The number of hydrogen-bond donors (Lipinski definition) is 1. The van der Waals surface area contributed by atoms with E-state index in [1.54, 1.807) is 16.7 Å². The third-order valence-corrected chi connectivity index (χ3v) is 4.00. The van der Waals surface area contributed by atoms with E-state index < -0.39 is 24.0 Å². The van der Waals surface area contributed by atoms with Crippen LogP contribution >= 0.6 is 0 Å². The number of hydrogen-bond acceptors (Lipinski definition) is 2. The van der Waals surface area contributed by atoms with Gasteiger partial charge < -0.3 is 9.72 Å². The minimum Gasteiger partial charge on any atom is -0.340 e. The quantitative estimate of drug-likeness (QED) is 0.947. The Morgan fingerprint density at radius 3 is 2.59 bits per heavy atom. The highest BCUT2D eigenvalue weighted by molar-refractivity contribution is 6.00. The van der Waals surface area contributed by atoms with Crippen molar-refractivity contribution < 1.29 is 18.0 Å². The number of nitrogens with one attached hydrogen (secondary N) is 1. The van der Waals surface area contributed by atoms with Crippen LogP contribution in [0.1, 0.15) is 34.6 Å². The van der Waals surface area contributed by atoms with E-state index in [-0.39, 0.29) is 5.56 Å². The average Bonchev–Trinajstić information content (AvgIpc) is 3.18. The first-order chi connectivity index (χ1) is 10.3.